The van der Waals surface area contributed by atoms with E-state index < -0.39 is 5.91 Å². The zero-order chi connectivity index (χ0) is 24.4. The predicted octanol–water partition coefficient (Wildman–Crippen LogP) is 7.59. The van der Waals surface area contributed by atoms with Crippen molar-refractivity contribution in [3.63, 3.8) is 0 Å². The first-order valence-electron chi connectivity index (χ1n) is 11.8. The van der Waals surface area contributed by atoms with Crippen molar-refractivity contribution in [3.8, 4) is 17.1 Å². The summed E-state index contributed by atoms with van der Waals surface area (Å²) < 4.78 is 1.83. The number of rotatable bonds is 6. The zero-order valence-electron chi connectivity index (χ0n) is 19.8. The molecule has 3 aromatic carbocycles. The average molecular weight is 463 g/mol. The van der Waals surface area contributed by atoms with Crippen molar-refractivity contribution in [1.29, 1.82) is 0 Å². The molecule has 1 amide bonds. The molecule has 2 heterocycles. The molecular formula is C29H26N4O2. The number of aromatic hydroxyl groups is 1. The lowest BCUT2D eigenvalue weighted by atomic mass is 10.0. The third kappa shape index (κ3) is 4.30. The number of amides is 1. The Labute approximate surface area is 203 Å². The van der Waals surface area contributed by atoms with Gasteiger partial charge in [0.1, 0.15) is 0 Å². The standard InChI is InChI=1S/C29H26N4O2/c1-3-4-16-33-26-13-9-8-12-21(26)27(29(33)35)31-32-28(34)23-18-25(20-10-6-5-7-11-20)30-24-15-14-19(2)17-22(23)24/h5-15,17-18,35H,3-4,16H2,1-2H3. The van der Waals surface area contributed by atoms with Crippen molar-refractivity contribution in [1.82, 2.24) is 9.55 Å². The molecule has 0 bridgehead atoms. The molecular weight excluding hydrogens is 436 g/mol. The molecule has 0 aliphatic heterocycles. The van der Waals surface area contributed by atoms with Crippen molar-refractivity contribution in [2.75, 3.05) is 0 Å². The lowest BCUT2D eigenvalue weighted by Gasteiger charge is -2.08. The zero-order valence-corrected chi connectivity index (χ0v) is 19.8. The van der Waals surface area contributed by atoms with Gasteiger partial charge in [-0.15, -0.1) is 10.2 Å². The average Bonchev–Trinajstić information content (AvgIpc) is 3.16. The Balaban J connectivity index is 1.60. The molecule has 0 unspecified atom stereocenters. The lowest BCUT2D eigenvalue weighted by molar-refractivity contribution is 0.0996. The Hall–Kier alpha value is -4.32. The third-order valence-corrected chi connectivity index (χ3v) is 6.16. The van der Waals surface area contributed by atoms with Crippen molar-refractivity contribution < 1.29 is 9.90 Å². The number of azo groups is 1. The minimum atomic E-state index is -0.482. The number of carbonyl (C=O) groups excluding carboxylic acids is 1. The highest BCUT2D eigenvalue weighted by atomic mass is 16.3. The van der Waals surface area contributed by atoms with Crippen LogP contribution in [0.25, 0.3) is 33.1 Å². The third-order valence-electron chi connectivity index (χ3n) is 6.16. The summed E-state index contributed by atoms with van der Waals surface area (Å²) in [6.45, 7) is 4.75. The van der Waals surface area contributed by atoms with Gasteiger partial charge in [0.05, 0.1) is 22.3 Å². The molecule has 0 aliphatic rings. The van der Waals surface area contributed by atoms with Crippen LogP contribution in [0.3, 0.4) is 0 Å². The monoisotopic (exact) mass is 462 g/mol. The molecule has 0 saturated heterocycles. The molecule has 1 N–H and O–H groups in total. The number of carbonyl (C=O) groups is 1. The van der Waals surface area contributed by atoms with Gasteiger partial charge in [-0.25, -0.2) is 4.98 Å². The number of hydrogen-bond donors (Lipinski definition) is 1. The van der Waals surface area contributed by atoms with Gasteiger partial charge in [-0.2, -0.15) is 0 Å². The molecule has 0 spiro atoms. The van der Waals surface area contributed by atoms with E-state index >= 15 is 0 Å². The highest BCUT2D eigenvalue weighted by molar-refractivity contribution is 6.08. The number of para-hydroxylation sites is 1. The van der Waals surface area contributed by atoms with E-state index in [9.17, 15) is 9.90 Å². The molecule has 5 rings (SSSR count). The van der Waals surface area contributed by atoms with Crippen molar-refractivity contribution in [3.05, 3.63) is 90.0 Å². The number of benzene rings is 3. The first-order chi connectivity index (χ1) is 17.1. The van der Waals surface area contributed by atoms with E-state index in [1.54, 1.807) is 6.07 Å². The van der Waals surface area contributed by atoms with E-state index in [-0.39, 0.29) is 5.88 Å². The maximum Gasteiger partial charge on any atom is 0.296 e. The highest BCUT2D eigenvalue weighted by Gasteiger charge is 2.18. The van der Waals surface area contributed by atoms with Gasteiger partial charge in [0, 0.05) is 22.9 Å². The molecule has 6 nitrogen and oxygen atoms in total. The van der Waals surface area contributed by atoms with Crippen LogP contribution < -0.4 is 0 Å². The summed E-state index contributed by atoms with van der Waals surface area (Å²) in [6.07, 6.45) is 1.92. The number of aryl methyl sites for hydroxylation is 2. The molecule has 0 aliphatic carbocycles. The van der Waals surface area contributed by atoms with E-state index in [4.69, 9.17) is 4.98 Å². The van der Waals surface area contributed by atoms with Gasteiger partial charge >= 0.3 is 0 Å². The lowest BCUT2D eigenvalue weighted by Crippen LogP contribution is -1.99. The Morgan fingerprint density at radius 1 is 0.971 bits per heavy atom. The summed E-state index contributed by atoms with van der Waals surface area (Å²) >= 11 is 0. The van der Waals surface area contributed by atoms with E-state index in [1.165, 1.54) is 0 Å². The molecule has 0 atom stereocenters. The van der Waals surface area contributed by atoms with Gasteiger partial charge in [0.2, 0.25) is 5.88 Å². The van der Waals surface area contributed by atoms with Crippen molar-refractivity contribution in [2.45, 2.75) is 33.2 Å². The van der Waals surface area contributed by atoms with E-state index in [0.29, 0.717) is 23.5 Å². The summed E-state index contributed by atoms with van der Waals surface area (Å²) in [7, 11) is 0. The van der Waals surface area contributed by atoms with Crippen LogP contribution in [0.2, 0.25) is 0 Å². The first kappa shape index (κ1) is 22.5. The fraction of sp³-hybridized carbons (Fsp3) is 0.172. The van der Waals surface area contributed by atoms with Crippen LogP contribution in [0.4, 0.5) is 5.69 Å². The number of hydrogen-bond acceptors (Lipinski definition) is 4. The molecule has 2 aromatic heterocycles. The number of unbranched alkanes of at least 4 members (excludes halogenated alkanes) is 1. The topological polar surface area (TPSA) is 79.8 Å². The largest absolute Gasteiger partial charge is 0.493 e. The van der Waals surface area contributed by atoms with Gasteiger partial charge in [-0.3, -0.25) is 4.79 Å². The molecule has 35 heavy (non-hydrogen) atoms. The second-order valence-electron chi connectivity index (χ2n) is 8.64. The van der Waals surface area contributed by atoms with Crippen LogP contribution >= 0.6 is 0 Å². The molecule has 0 fully saturated rings. The number of fused-ring (bicyclic) bond motifs is 2. The maximum absolute atomic E-state index is 13.4. The minimum absolute atomic E-state index is 0.0246. The SMILES string of the molecule is CCCCn1c(O)c(N=NC(=O)c2cc(-c3ccccc3)nc3ccc(C)cc23)c2ccccc21. The van der Waals surface area contributed by atoms with Crippen LogP contribution in [0.1, 0.15) is 35.7 Å². The number of nitrogens with zero attached hydrogens (tertiary/aromatic N) is 4. The van der Waals surface area contributed by atoms with E-state index in [2.05, 4.69) is 17.2 Å². The molecule has 0 radical (unpaired) electrons. The Bertz CT molecular complexity index is 1570. The van der Waals surface area contributed by atoms with Gasteiger partial charge in [-0.05, 0) is 37.6 Å². The van der Waals surface area contributed by atoms with Gasteiger partial charge in [0.25, 0.3) is 5.91 Å². The number of aromatic nitrogens is 2. The summed E-state index contributed by atoms with van der Waals surface area (Å²) in [5.41, 5.74) is 4.95. The summed E-state index contributed by atoms with van der Waals surface area (Å²) in [4.78, 5) is 18.1. The quantitative estimate of drug-likeness (QED) is 0.264. The van der Waals surface area contributed by atoms with Gasteiger partial charge < -0.3 is 9.67 Å². The fourth-order valence-corrected chi connectivity index (χ4v) is 4.34. The number of pyridine rings is 1. The maximum atomic E-state index is 13.4. The first-order valence-corrected chi connectivity index (χ1v) is 11.8. The van der Waals surface area contributed by atoms with Crippen molar-refractivity contribution in [2.24, 2.45) is 10.2 Å². The molecule has 174 valence electrons. The minimum Gasteiger partial charge on any atom is -0.493 e. The Kier molecular flexibility index (Phi) is 6.10. The Morgan fingerprint density at radius 2 is 1.74 bits per heavy atom. The second-order valence-corrected chi connectivity index (χ2v) is 8.64. The molecule has 6 heteroatoms. The van der Waals surface area contributed by atoms with Crippen LogP contribution in [-0.4, -0.2) is 20.6 Å². The summed E-state index contributed by atoms with van der Waals surface area (Å²) in [5.74, 6) is -0.457. The van der Waals surface area contributed by atoms with E-state index in [0.717, 1.165) is 45.8 Å². The molecule has 5 aromatic rings. The van der Waals surface area contributed by atoms with Crippen LogP contribution in [0.15, 0.2) is 89.1 Å². The second kappa shape index (κ2) is 9.50. The predicted molar refractivity (Wildman–Crippen MR) is 139 cm³/mol. The summed E-state index contributed by atoms with van der Waals surface area (Å²) in [6, 6.07) is 25.0. The Morgan fingerprint density at radius 3 is 2.54 bits per heavy atom. The van der Waals surface area contributed by atoms with Crippen LogP contribution in [0.5, 0.6) is 5.88 Å². The van der Waals surface area contributed by atoms with Gasteiger partial charge in [-0.1, -0.05) is 73.5 Å². The summed E-state index contributed by atoms with van der Waals surface area (Å²) in [5, 5.41) is 20.7. The fourth-order valence-electron chi connectivity index (χ4n) is 4.34. The van der Waals surface area contributed by atoms with Crippen molar-refractivity contribution >= 4 is 33.4 Å². The molecule has 0 saturated carbocycles. The highest BCUT2D eigenvalue weighted by Crippen LogP contribution is 2.39. The van der Waals surface area contributed by atoms with E-state index in [1.807, 2.05) is 84.3 Å². The van der Waals surface area contributed by atoms with Crippen LogP contribution in [0, 0.1) is 6.92 Å². The van der Waals surface area contributed by atoms with Crippen LogP contribution in [-0.2, 0) is 6.54 Å². The van der Waals surface area contributed by atoms with Gasteiger partial charge in [0.15, 0.2) is 5.69 Å². The normalized spacial score (nSPS) is 11.6. The smallest absolute Gasteiger partial charge is 0.296 e.